The molecule has 0 aliphatic rings. The highest BCUT2D eigenvalue weighted by Crippen LogP contribution is 2.07. The molecule has 0 bridgehead atoms. The van der Waals surface area contributed by atoms with Crippen LogP contribution in [-0.2, 0) is 0 Å². The first-order valence-electron chi connectivity index (χ1n) is 4.38. The molecular formula is C9H20IN. The van der Waals surface area contributed by atoms with Crippen molar-refractivity contribution in [2.24, 2.45) is 5.92 Å². The van der Waals surface area contributed by atoms with Crippen LogP contribution in [0.1, 0.15) is 34.1 Å². The van der Waals surface area contributed by atoms with Gasteiger partial charge in [-0.1, -0.05) is 36.4 Å². The van der Waals surface area contributed by atoms with E-state index in [0.29, 0.717) is 6.04 Å². The molecular weight excluding hydrogens is 249 g/mol. The van der Waals surface area contributed by atoms with E-state index >= 15 is 0 Å². The summed E-state index contributed by atoms with van der Waals surface area (Å²) in [7, 11) is 0. The Bertz CT molecular complexity index is 91.6. The highest BCUT2D eigenvalue weighted by atomic mass is 127. The molecule has 0 aromatic heterocycles. The van der Waals surface area contributed by atoms with E-state index in [9.17, 15) is 0 Å². The molecule has 2 heteroatoms. The van der Waals surface area contributed by atoms with E-state index in [2.05, 4.69) is 55.2 Å². The van der Waals surface area contributed by atoms with E-state index < -0.39 is 0 Å². The third-order valence-corrected chi connectivity index (χ3v) is 2.75. The molecule has 11 heavy (non-hydrogen) atoms. The molecule has 0 amide bonds. The van der Waals surface area contributed by atoms with Gasteiger partial charge in [0.2, 0.25) is 0 Å². The lowest BCUT2D eigenvalue weighted by Gasteiger charge is -2.24. The second-order valence-electron chi connectivity index (χ2n) is 3.71. The molecule has 0 spiro atoms. The third-order valence-electron chi connectivity index (χ3n) is 1.88. The van der Waals surface area contributed by atoms with E-state index in [1.54, 1.807) is 0 Å². The molecule has 0 radical (unpaired) electrons. The molecule has 1 nitrogen and oxygen atoms in total. The summed E-state index contributed by atoms with van der Waals surface area (Å²) < 4.78 is 1.15. The fourth-order valence-electron chi connectivity index (χ4n) is 0.880. The smallest absolute Gasteiger partial charge is 0.0508 e. The van der Waals surface area contributed by atoms with E-state index in [-0.39, 0.29) is 0 Å². The van der Waals surface area contributed by atoms with Crippen LogP contribution in [0.25, 0.3) is 0 Å². The third kappa shape index (κ3) is 5.91. The maximum absolute atomic E-state index is 2.50. The minimum atomic E-state index is 0.700. The number of hydrogen-bond acceptors (Lipinski definition) is 1. The zero-order valence-corrected chi connectivity index (χ0v) is 10.3. The molecule has 0 N–H and O–H groups in total. The predicted octanol–water partition coefficient (Wildman–Crippen LogP) is 3.14. The van der Waals surface area contributed by atoms with Crippen molar-refractivity contribution in [1.82, 2.24) is 4.90 Å². The highest BCUT2D eigenvalue weighted by Gasteiger charge is 2.07. The van der Waals surface area contributed by atoms with Crippen molar-refractivity contribution in [2.75, 3.05) is 11.1 Å². The summed E-state index contributed by atoms with van der Waals surface area (Å²) in [5.41, 5.74) is 0. The zero-order chi connectivity index (χ0) is 8.85. The van der Waals surface area contributed by atoms with Crippen LogP contribution in [0, 0.1) is 5.92 Å². The van der Waals surface area contributed by atoms with Gasteiger partial charge in [-0.2, -0.15) is 0 Å². The first-order valence-corrected chi connectivity index (χ1v) is 5.90. The van der Waals surface area contributed by atoms with Gasteiger partial charge in [-0.3, -0.25) is 4.90 Å². The minimum absolute atomic E-state index is 0.700. The standard InChI is InChI=1S/C9H20IN/c1-8(2)5-6-11(7-10)9(3)4/h8-9H,5-7H2,1-4H3. The van der Waals surface area contributed by atoms with Crippen molar-refractivity contribution in [3.63, 3.8) is 0 Å². The lowest BCUT2D eigenvalue weighted by Crippen LogP contribution is -2.30. The van der Waals surface area contributed by atoms with Crippen LogP contribution in [0.5, 0.6) is 0 Å². The molecule has 0 aromatic rings. The molecule has 0 aliphatic heterocycles. The Kier molecular flexibility index (Phi) is 6.62. The lowest BCUT2D eigenvalue weighted by atomic mass is 10.1. The number of hydrogen-bond donors (Lipinski definition) is 0. The van der Waals surface area contributed by atoms with Crippen molar-refractivity contribution in [2.45, 2.75) is 40.2 Å². The molecule has 0 aliphatic carbocycles. The SMILES string of the molecule is CC(C)CCN(CI)C(C)C. The number of alkyl halides is 1. The minimum Gasteiger partial charge on any atom is -0.292 e. The van der Waals surface area contributed by atoms with Gasteiger partial charge in [-0.05, 0) is 32.7 Å². The Morgan fingerprint density at radius 1 is 1.18 bits per heavy atom. The Hall–Kier alpha value is 0.690. The average Bonchev–Trinajstić information content (AvgIpc) is 1.87. The second kappa shape index (κ2) is 6.23. The van der Waals surface area contributed by atoms with Gasteiger partial charge >= 0.3 is 0 Å². The Labute approximate surface area is 84.7 Å². The molecule has 0 atom stereocenters. The fraction of sp³-hybridized carbons (Fsp3) is 1.00. The molecule has 0 aromatic carbocycles. The normalized spacial score (nSPS) is 12.0. The van der Waals surface area contributed by atoms with Crippen LogP contribution in [-0.4, -0.2) is 22.0 Å². The second-order valence-corrected chi connectivity index (χ2v) is 4.39. The first kappa shape index (κ1) is 11.7. The van der Waals surface area contributed by atoms with Crippen molar-refractivity contribution in [3.8, 4) is 0 Å². The molecule has 0 fully saturated rings. The molecule has 0 saturated carbocycles. The monoisotopic (exact) mass is 269 g/mol. The largest absolute Gasteiger partial charge is 0.292 e. The van der Waals surface area contributed by atoms with Gasteiger partial charge in [0.25, 0.3) is 0 Å². The Morgan fingerprint density at radius 3 is 2.00 bits per heavy atom. The summed E-state index contributed by atoms with van der Waals surface area (Å²) in [4.78, 5) is 2.50. The highest BCUT2D eigenvalue weighted by molar-refractivity contribution is 14.1. The number of rotatable bonds is 5. The van der Waals surface area contributed by atoms with Crippen molar-refractivity contribution in [3.05, 3.63) is 0 Å². The van der Waals surface area contributed by atoms with E-state index in [1.807, 2.05) is 0 Å². The van der Waals surface area contributed by atoms with Gasteiger partial charge in [0.1, 0.15) is 0 Å². The van der Waals surface area contributed by atoms with Gasteiger partial charge in [0, 0.05) is 6.04 Å². The average molecular weight is 269 g/mol. The van der Waals surface area contributed by atoms with Crippen LogP contribution in [0.2, 0.25) is 0 Å². The van der Waals surface area contributed by atoms with Gasteiger partial charge in [0.15, 0.2) is 0 Å². The summed E-state index contributed by atoms with van der Waals surface area (Å²) in [6.45, 7) is 10.3. The van der Waals surface area contributed by atoms with Crippen LogP contribution in [0.3, 0.4) is 0 Å². The summed E-state index contributed by atoms with van der Waals surface area (Å²) in [5, 5.41) is 0. The van der Waals surface area contributed by atoms with Crippen molar-refractivity contribution >= 4 is 22.6 Å². The van der Waals surface area contributed by atoms with Crippen LogP contribution >= 0.6 is 22.6 Å². The molecule has 0 unspecified atom stereocenters. The Balaban J connectivity index is 3.52. The van der Waals surface area contributed by atoms with Crippen molar-refractivity contribution in [1.29, 1.82) is 0 Å². The molecule has 0 heterocycles. The molecule has 0 saturated heterocycles. The number of nitrogens with zero attached hydrogens (tertiary/aromatic N) is 1. The predicted molar refractivity (Wildman–Crippen MR) is 60.2 cm³/mol. The quantitative estimate of drug-likeness (QED) is 0.421. The van der Waals surface area contributed by atoms with Crippen molar-refractivity contribution < 1.29 is 0 Å². The molecule has 68 valence electrons. The van der Waals surface area contributed by atoms with Crippen LogP contribution in [0.4, 0.5) is 0 Å². The number of halogens is 1. The maximum Gasteiger partial charge on any atom is 0.0508 e. The van der Waals surface area contributed by atoms with E-state index in [0.717, 1.165) is 10.5 Å². The van der Waals surface area contributed by atoms with Crippen LogP contribution < -0.4 is 0 Å². The maximum atomic E-state index is 2.50. The zero-order valence-electron chi connectivity index (χ0n) is 8.10. The van der Waals surface area contributed by atoms with Gasteiger partial charge < -0.3 is 0 Å². The van der Waals surface area contributed by atoms with Crippen LogP contribution in [0.15, 0.2) is 0 Å². The van der Waals surface area contributed by atoms with Gasteiger partial charge in [-0.25, -0.2) is 0 Å². The van der Waals surface area contributed by atoms with E-state index in [4.69, 9.17) is 0 Å². The lowest BCUT2D eigenvalue weighted by molar-refractivity contribution is 0.252. The first-order chi connectivity index (χ1) is 5.07. The van der Waals surface area contributed by atoms with Gasteiger partial charge in [-0.15, -0.1) is 0 Å². The Morgan fingerprint density at radius 2 is 1.73 bits per heavy atom. The summed E-state index contributed by atoms with van der Waals surface area (Å²) in [5.74, 6) is 0.833. The summed E-state index contributed by atoms with van der Waals surface area (Å²) >= 11 is 2.44. The van der Waals surface area contributed by atoms with E-state index in [1.165, 1.54) is 13.0 Å². The van der Waals surface area contributed by atoms with Gasteiger partial charge in [0.05, 0.1) is 4.55 Å². The fourth-order valence-corrected chi connectivity index (χ4v) is 2.01. The molecule has 0 rings (SSSR count). The topological polar surface area (TPSA) is 3.24 Å². The summed E-state index contributed by atoms with van der Waals surface area (Å²) in [6, 6.07) is 0.700. The summed E-state index contributed by atoms with van der Waals surface area (Å²) in [6.07, 6.45) is 1.32.